The Balaban J connectivity index is 1.67. The Morgan fingerprint density at radius 1 is 1.19 bits per heavy atom. The molecule has 1 aliphatic carbocycles. The number of aliphatic carboxylic acids is 1. The van der Waals surface area contributed by atoms with Crippen LogP contribution in [0, 0.1) is 5.41 Å². The number of hydrogen-bond donors (Lipinski definition) is 2. The number of nitrogens with one attached hydrogen (secondary N) is 1. The first-order valence-corrected chi connectivity index (χ1v) is 9.93. The molecule has 0 saturated heterocycles. The van der Waals surface area contributed by atoms with E-state index >= 15 is 0 Å². The smallest absolute Gasteiger partial charge is 0.303 e. The molecule has 0 aliphatic heterocycles. The molecule has 1 aromatic heterocycles. The molecule has 1 aromatic carbocycles. The number of amides is 1. The van der Waals surface area contributed by atoms with E-state index in [0.717, 1.165) is 31.2 Å². The van der Waals surface area contributed by atoms with Crippen LogP contribution in [0.3, 0.4) is 0 Å². The van der Waals surface area contributed by atoms with Crippen molar-refractivity contribution in [1.82, 2.24) is 4.98 Å². The molecule has 138 valence electrons. The van der Waals surface area contributed by atoms with Gasteiger partial charge in [0.15, 0.2) is 5.13 Å². The van der Waals surface area contributed by atoms with Crippen LogP contribution >= 0.6 is 34.5 Å². The van der Waals surface area contributed by atoms with Gasteiger partial charge in [-0.15, -0.1) is 11.3 Å². The van der Waals surface area contributed by atoms with Crippen molar-refractivity contribution in [2.24, 2.45) is 5.41 Å². The van der Waals surface area contributed by atoms with Crippen molar-refractivity contribution in [3.8, 4) is 11.3 Å². The molecule has 0 radical (unpaired) electrons. The average molecular weight is 413 g/mol. The van der Waals surface area contributed by atoms with Gasteiger partial charge in [0.2, 0.25) is 5.91 Å². The highest BCUT2D eigenvalue weighted by Crippen LogP contribution is 2.44. The lowest BCUT2D eigenvalue weighted by atomic mass is 9.79. The summed E-state index contributed by atoms with van der Waals surface area (Å²) in [6.45, 7) is 0. The second-order valence-electron chi connectivity index (χ2n) is 6.67. The van der Waals surface area contributed by atoms with Crippen molar-refractivity contribution in [3.63, 3.8) is 0 Å². The number of hydrogen-bond acceptors (Lipinski definition) is 4. The third kappa shape index (κ3) is 4.55. The monoisotopic (exact) mass is 412 g/mol. The minimum absolute atomic E-state index is 0.0345. The zero-order valence-electron chi connectivity index (χ0n) is 13.9. The van der Waals surface area contributed by atoms with Crippen molar-refractivity contribution in [2.75, 3.05) is 5.32 Å². The van der Waals surface area contributed by atoms with Crippen LogP contribution in [0.2, 0.25) is 10.0 Å². The van der Waals surface area contributed by atoms with Crippen LogP contribution in [0.1, 0.15) is 38.5 Å². The van der Waals surface area contributed by atoms with E-state index < -0.39 is 11.4 Å². The Morgan fingerprint density at radius 2 is 1.92 bits per heavy atom. The highest BCUT2D eigenvalue weighted by molar-refractivity contribution is 7.14. The number of halogens is 2. The normalized spacial score (nSPS) is 15.8. The van der Waals surface area contributed by atoms with Crippen LogP contribution in [0.15, 0.2) is 23.6 Å². The van der Waals surface area contributed by atoms with Gasteiger partial charge < -0.3 is 10.4 Å². The molecule has 0 spiro atoms. The van der Waals surface area contributed by atoms with Crippen LogP contribution in [0.25, 0.3) is 11.3 Å². The Bertz CT molecular complexity index is 832. The maximum absolute atomic E-state index is 12.4. The first-order valence-electron chi connectivity index (χ1n) is 8.29. The second-order valence-corrected chi connectivity index (χ2v) is 8.34. The summed E-state index contributed by atoms with van der Waals surface area (Å²) in [5.41, 5.74) is 1.08. The number of anilines is 1. The summed E-state index contributed by atoms with van der Waals surface area (Å²) >= 11 is 13.3. The molecule has 26 heavy (non-hydrogen) atoms. The van der Waals surface area contributed by atoms with Crippen molar-refractivity contribution < 1.29 is 14.7 Å². The van der Waals surface area contributed by atoms with Crippen molar-refractivity contribution >= 4 is 51.5 Å². The van der Waals surface area contributed by atoms with E-state index in [4.69, 9.17) is 28.3 Å². The number of carbonyl (C=O) groups excluding carboxylic acids is 1. The third-order valence-corrected chi connectivity index (χ3v) is 6.19. The Morgan fingerprint density at radius 3 is 2.58 bits per heavy atom. The van der Waals surface area contributed by atoms with Crippen LogP contribution in [0.5, 0.6) is 0 Å². The molecule has 8 heteroatoms. The van der Waals surface area contributed by atoms with Crippen LogP contribution < -0.4 is 5.32 Å². The SMILES string of the molecule is O=C(O)CC1(CC(=O)Nc2nc(-c3ccc(Cl)c(Cl)c3)cs2)CCCC1. The molecule has 2 N–H and O–H groups in total. The molecule has 3 rings (SSSR count). The number of aromatic nitrogens is 1. The van der Waals surface area contributed by atoms with E-state index in [1.807, 2.05) is 11.4 Å². The predicted octanol–water partition coefficient (Wildman–Crippen LogP) is 5.48. The molecule has 0 atom stereocenters. The lowest BCUT2D eigenvalue weighted by Gasteiger charge is -2.25. The second kappa shape index (κ2) is 7.94. The summed E-state index contributed by atoms with van der Waals surface area (Å²) in [5, 5.41) is 15.2. The van der Waals surface area contributed by atoms with Crippen LogP contribution in [0.4, 0.5) is 5.13 Å². The van der Waals surface area contributed by atoms with E-state index in [1.54, 1.807) is 12.1 Å². The Labute approximate surface area is 165 Å². The number of thiazole rings is 1. The average Bonchev–Trinajstić information content (AvgIpc) is 3.19. The lowest BCUT2D eigenvalue weighted by Crippen LogP contribution is -2.27. The van der Waals surface area contributed by atoms with Gasteiger partial charge in [0.05, 0.1) is 22.2 Å². The predicted molar refractivity (Wildman–Crippen MR) is 104 cm³/mol. The van der Waals surface area contributed by atoms with E-state index in [0.29, 0.717) is 20.9 Å². The zero-order valence-corrected chi connectivity index (χ0v) is 16.3. The van der Waals surface area contributed by atoms with Crippen LogP contribution in [-0.2, 0) is 9.59 Å². The quantitative estimate of drug-likeness (QED) is 0.657. The standard InChI is InChI=1S/C18H18Cl2N2O3S/c19-12-4-3-11(7-13(12)20)14-10-26-17(21-14)22-15(23)8-18(9-16(24)25)5-1-2-6-18/h3-4,7,10H,1-2,5-6,8-9H2,(H,24,25)(H,21,22,23). The van der Waals surface area contributed by atoms with E-state index in [-0.39, 0.29) is 18.7 Å². The first kappa shape index (κ1) is 19.1. The number of carbonyl (C=O) groups is 2. The minimum Gasteiger partial charge on any atom is -0.481 e. The van der Waals surface area contributed by atoms with E-state index in [2.05, 4.69) is 10.3 Å². The molecule has 2 aromatic rings. The fourth-order valence-corrected chi connectivity index (χ4v) is 4.52. The molecule has 0 unspecified atom stereocenters. The van der Waals surface area contributed by atoms with Gasteiger partial charge in [0.1, 0.15) is 0 Å². The van der Waals surface area contributed by atoms with E-state index in [9.17, 15) is 9.59 Å². The van der Waals surface area contributed by atoms with Crippen molar-refractivity contribution in [3.05, 3.63) is 33.6 Å². The molecule has 1 heterocycles. The summed E-state index contributed by atoms with van der Waals surface area (Å²) in [5.74, 6) is -1.04. The molecule has 1 amide bonds. The summed E-state index contributed by atoms with van der Waals surface area (Å²) in [7, 11) is 0. The lowest BCUT2D eigenvalue weighted by molar-refractivity contribution is -0.140. The van der Waals surface area contributed by atoms with Gasteiger partial charge in [-0.1, -0.05) is 42.1 Å². The fraction of sp³-hybridized carbons (Fsp3) is 0.389. The highest BCUT2D eigenvalue weighted by Gasteiger charge is 2.38. The molecule has 0 bridgehead atoms. The fourth-order valence-electron chi connectivity index (χ4n) is 3.49. The molecular formula is C18H18Cl2N2O3S. The third-order valence-electron chi connectivity index (χ3n) is 4.69. The Kier molecular flexibility index (Phi) is 5.85. The highest BCUT2D eigenvalue weighted by atomic mass is 35.5. The molecule has 5 nitrogen and oxygen atoms in total. The number of rotatable bonds is 6. The molecule has 1 saturated carbocycles. The van der Waals surface area contributed by atoms with Gasteiger partial charge >= 0.3 is 5.97 Å². The van der Waals surface area contributed by atoms with Gasteiger partial charge in [-0.25, -0.2) is 4.98 Å². The van der Waals surface area contributed by atoms with Crippen LogP contribution in [-0.4, -0.2) is 22.0 Å². The summed E-state index contributed by atoms with van der Waals surface area (Å²) < 4.78 is 0. The largest absolute Gasteiger partial charge is 0.481 e. The number of benzene rings is 1. The zero-order chi connectivity index (χ0) is 18.7. The molecule has 1 fully saturated rings. The summed E-state index contributed by atoms with van der Waals surface area (Å²) in [6.07, 6.45) is 3.74. The number of nitrogens with zero attached hydrogens (tertiary/aromatic N) is 1. The van der Waals surface area contributed by atoms with Gasteiger partial charge in [-0.2, -0.15) is 0 Å². The molecular weight excluding hydrogens is 395 g/mol. The van der Waals surface area contributed by atoms with Gasteiger partial charge in [-0.3, -0.25) is 9.59 Å². The first-order chi connectivity index (χ1) is 12.4. The maximum atomic E-state index is 12.4. The summed E-state index contributed by atoms with van der Waals surface area (Å²) in [4.78, 5) is 28.0. The van der Waals surface area contributed by atoms with Gasteiger partial charge in [-0.05, 0) is 30.4 Å². The van der Waals surface area contributed by atoms with Gasteiger partial charge in [0, 0.05) is 17.4 Å². The number of carboxylic acid groups (broad SMARTS) is 1. The Hall–Kier alpha value is -1.63. The minimum atomic E-state index is -0.851. The van der Waals surface area contributed by atoms with Gasteiger partial charge in [0.25, 0.3) is 0 Å². The molecule has 1 aliphatic rings. The topological polar surface area (TPSA) is 79.3 Å². The number of carboxylic acids is 1. The summed E-state index contributed by atoms with van der Waals surface area (Å²) in [6, 6.07) is 5.24. The van der Waals surface area contributed by atoms with Crippen molar-refractivity contribution in [2.45, 2.75) is 38.5 Å². The van der Waals surface area contributed by atoms with Crippen molar-refractivity contribution in [1.29, 1.82) is 0 Å². The van der Waals surface area contributed by atoms with E-state index in [1.165, 1.54) is 11.3 Å². The maximum Gasteiger partial charge on any atom is 0.303 e.